The Hall–Kier alpha value is -2.51. The molecule has 2 amide bonds. The van der Waals surface area contributed by atoms with Gasteiger partial charge in [-0.3, -0.25) is 19.3 Å². The van der Waals surface area contributed by atoms with Crippen molar-refractivity contribution in [3.05, 3.63) is 57.2 Å². The summed E-state index contributed by atoms with van der Waals surface area (Å²) in [6.07, 6.45) is 1.68. The van der Waals surface area contributed by atoms with Gasteiger partial charge in [0.05, 0.1) is 12.0 Å². The summed E-state index contributed by atoms with van der Waals surface area (Å²) in [6, 6.07) is 9.39. The van der Waals surface area contributed by atoms with E-state index in [9.17, 15) is 14.4 Å². The SMILES string of the molecule is COC(=O)CN1C(=O)S/C(=C/c2cc(C)n(-c3ccc(Cl)cc3)c2C)C1=O. The van der Waals surface area contributed by atoms with E-state index < -0.39 is 17.1 Å². The van der Waals surface area contributed by atoms with Gasteiger partial charge in [0, 0.05) is 22.1 Å². The number of ether oxygens (including phenoxy) is 1. The molecule has 6 nitrogen and oxygen atoms in total. The number of carbonyl (C=O) groups is 3. The average molecular weight is 405 g/mol. The van der Waals surface area contributed by atoms with Gasteiger partial charge in [0.1, 0.15) is 6.54 Å². The van der Waals surface area contributed by atoms with Gasteiger partial charge in [-0.1, -0.05) is 11.6 Å². The summed E-state index contributed by atoms with van der Waals surface area (Å²) in [5.41, 5.74) is 3.68. The van der Waals surface area contributed by atoms with Crippen molar-refractivity contribution in [2.24, 2.45) is 0 Å². The maximum absolute atomic E-state index is 12.5. The van der Waals surface area contributed by atoms with E-state index in [2.05, 4.69) is 4.74 Å². The van der Waals surface area contributed by atoms with Gasteiger partial charge in [-0.15, -0.1) is 0 Å². The Labute approximate surface area is 165 Å². The van der Waals surface area contributed by atoms with Crippen LogP contribution in [0.2, 0.25) is 5.02 Å². The third kappa shape index (κ3) is 3.79. The Morgan fingerprint density at radius 1 is 1.22 bits per heavy atom. The number of halogens is 1. The Balaban J connectivity index is 1.93. The van der Waals surface area contributed by atoms with Gasteiger partial charge in [0.15, 0.2) is 0 Å². The van der Waals surface area contributed by atoms with Crippen molar-refractivity contribution >= 4 is 46.6 Å². The largest absolute Gasteiger partial charge is 0.468 e. The van der Waals surface area contributed by atoms with Crippen LogP contribution in [0.3, 0.4) is 0 Å². The zero-order valence-electron chi connectivity index (χ0n) is 15.0. The number of hydrogen-bond donors (Lipinski definition) is 0. The summed E-state index contributed by atoms with van der Waals surface area (Å²) in [5.74, 6) is -1.13. The van der Waals surface area contributed by atoms with Gasteiger partial charge in [0.25, 0.3) is 11.1 Å². The fraction of sp³-hybridized carbons (Fsp3) is 0.211. The van der Waals surface area contributed by atoms with Crippen molar-refractivity contribution in [2.45, 2.75) is 13.8 Å². The van der Waals surface area contributed by atoms with Gasteiger partial charge in [0.2, 0.25) is 0 Å². The lowest BCUT2D eigenvalue weighted by molar-refractivity contribution is -0.143. The molecule has 1 aliphatic rings. The van der Waals surface area contributed by atoms with Crippen LogP contribution in [-0.4, -0.2) is 40.2 Å². The highest BCUT2D eigenvalue weighted by Gasteiger charge is 2.36. The predicted octanol–water partition coefficient (Wildman–Crippen LogP) is 3.96. The molecule has 0 unspecified atom stereocenters. The van der Waals surface area contributed by atoms with Crippen LogP contribution in [0, 0.1) is 13.8 Å². The number of methoxy groups -OCH3 is 1. The fourth-order valence-electron chi connectivity index (χ4n) is 2.89. The lowest BCUT2D eigenvalue weighted by Crippen LogP contribution is -2.34. The van der Waals surface area contributed by atoms with Crippen LogP contribution in [0.4, 0.5) is 4.79 Å². The van der Waals surface area contributed by atoms with E-state index in [0.717, 1.165) is 39.3 Å². The summed E-state index contributed by atoms with van der Waals surface area (Å²) >= 11 is 6.77. The van der Waals surface area contributed by atoms with Crippen molar-refractivity contribution in [3.8, 4) is 5.69 Å². The summed E-state index contributed by atoms with van der Waals surface area (Å²) in [7, 11) is 1.21. The molecule has 140 valence electrons. The van der Waals surface area contributed by atoms with Crippen LogP contribution < -0.4 is 0 Å². The van der Waals surface area contributed by atoms with Gasteiger partial charge >= 0.3 is 5.97 Å². The monoisotopic (exact) mass is 404 g/mol. The number of imide groups is 1. The Morgan fingerprint density at radius 3 is 2.52 bits per heavy atom. The highest BCUT2D eigenvalue weighted by atomic mass is 35.5. The highest BCUT2D eigenvalue weighted by Crippen LogP contribution is 2.33. The molecule has 1 aromatic carbocycles. The molecule has 0 atom stereocenters. The minimum absolute atomic E-state index is 0.278. The molecule has 0 aliphatic carbocycles. The van der Waals surface area contributed by atoms with E-state index in [4.69, 9.17) is 11.6 Å². The first kappa shape index (κ1) is 19.3. The third-order valence-corrected chi connectivity index (χ3v) is 5.39. The third-order valence-electron chi connectivity index (χ3n) is 4.23. The highest BCUT2D eigenvalue weighted by molar-refractivity contribution is 8.18. The summed E-state index contributed by atoms with van der Waals surface area (Å²) in [6.45, 7) is 3.51. The smallest absolute Gasteiger partial charge is 0.325 e. The molecule has 0 bridgehead atoms. The maximum atomic E-state index is 12.5. The standard InChI is InChI=1S/C19H17ClN2O4S/c1-11-8-13(12(2)22(11)15-6-4-14(20)5-7-15)9-16-18(24)21(19(25)27-16)10-17(23)26-3/h4-9H,10H2,1-3H3/b16-9+. The zero-order chi connectivity index (χ0) is 19.7. The van der Waals surface area contributed by atoms with E-state index in [-0.39, 0.29) is 11.4 Å². The van der Waals surface area contributed by atoms with E-state index in [1.807, 2.05) is 48.7 Å². The van der Waals surface area contributed by atoms with E-state index in [1.165, 1.54) is 7.11 Å². The molecule has 1 fully saturated rings. The van der Waals surface area contributed by atoms with Gasteiger partial charge in [-0.25, -0.2) is 0 Å². The van der Waals surface area contributed by atoms with E-state index >= 15 is 0 Å². The molecule has 1 saturated heterocycles. The maximum Gasteiger partial charge on any atom is 0.325 e. The van der Waals surface area contributed by atoms with E-state index in [0.29, 0.717) is 5.02 Å². The number of aromatic nitrogens is 1. The predicted molar refractivity (Wildman–Crippen MR) is 105 cm³/mol. The number of benzene rings is 1. The topological polar surface area (TPSA) is 68.6 Å². The second-order valence-corrected chi connectivity index (χ2v) is 7.41. The number of nitrogens with zero attached hydrogens (tertiary/aromatic N) is 2. The molecule has 0 radical (unpaired) electrons. The number of amides is 2. The molecule has 0 N–H and O–H groups in total. The molecule has 1 aliphatic heterocycles. The Morgan fingerprint density at radius 2 is 1.89 bits per heavy atom. The quantitative estimate of drug-likeness (QED) is 0.570. The zero-order valence-corrected chi connectivity index (χ0v) is 16.6. The Bertz CT molecular complexity index is 963. The molecular formula is C19H17ClN2O4S. The summed E-state index contributed by atoms with van der Waals surface area (Å²) < 4.78 is 6.57. The first-order valence-corrected chi connectivity index (χ1v) is 9.28. The molecule has 2 aromatic rings. The molecule has 0 saturated carbocycles. The van der Waals surface area contributed by atoms with Crippen molar-refractivity contribution in [1.29, 1.82) is 0 Å². The fourth-order valence-corrected chi connectivity index (χ4v) is 3.85. The van der Waals surface area contributed by atoms with Crippen LogP contribution >= 0.6 is 23.4 Å². The van der Waals surface area contributed by atoms with Gasteiger partial charge < -0.3 is 9.30 Å². The molecule has 2 heterocycles. The number of aryl methyl sites for hydroxylation is 1. The number of thioether (sulfide) groups is 1. The van der Waals surface area contributed by atoms with Crippen LogP contribution in [0.25, 0.3) is 11.8 Å². The molecule has 8 heteroatoms. The number of esters is 1. The van der Waals surface area contributed by atoms with E-state index in [1.54, 1.807) is 6.08 Å². The van der Waals surface area contributed by atoms with Gasteiger partial charge in [-0.05, 0) is 67.6 Å². The molecule has 3 rings (SSSR count). The van der Waals surface area contributed by atoms with Crippen LogP contribution in [-0.2, 0) is 14.3 Å². The van der Waals surface area contributed by atoms with Crippen molar-refractivity contribution in [3.63, 3.8) is 0 Å². The van der Waals surface area contributed by atoms with Crippen LogP contribution in [0.1, 0.15) is 17.0 Å². The van der Waals surface area contributed by atoms with Crippen LogP contribution in [0.5, 0.6) is 0 Å². The molecular weight excluding hydrogens is 388 g/mol. The first-order chi connectivity index (χ1) is 12.8. The lowest BCUT2D eigenvalue weighted by atomic mass is 10.2. The normalized spacial score (nSPS) is 15.7. The lowest BCUT2D eigenvalue weighted by Gasteiger charge is -2.10. The van der Waals surface area contributed by atoms with Gasteiger partial charge in [-0.2, -0.15) is 0 Å². The molecule has 27 heavy (non-hydrogen) atoms. The molecule has 0 spiro atoms. The second kappa shape index (κ2) is 7.62. The molecule has 1 aromatic heterocycles. The minimum Gasteiger partial charge on any atom is -0.468 e. The minimum atomic E-state index is -0.639. The van der Waals surface area contributed by atoms with Crippen molar-refractivity contribution in [1.82, 2.24) is 9.47 Å². The number of hydrogen-bond acceptors (Lipinski definition) is 5. The van der Waals surface area contributed by atoms with Crippen molar-refractivity contribution < 1.29 is 19.1 Å². The number of rotatable bonds is 4. The second-order valence-electron chi connectivity index (χ2n) is 5.98. The average Bonchev–Trinajstić information content (AvgIpc) is 3.06. The van der Waals surface area contributed by atoms with Crippen LogP contribution in [0.15, 0.2) is 35.2 Å². The summed E-state index contributed by atoms with van der Waals surface area (Å²) in [5, 5.41) is 0.170. The summed E-state index contributed by atoms with van der Waals surface area (Å²) in [4.78, 5) is 37.1. The Kier molecular flexibility index (Phi) is 5.43. The number of carbonyl (C=O) groups excluding carboxylic acids is 3. The first-order valence-electron chi connectivity index (χ1n) is 8.09. The van der Waals surface area contributed by atoms with Crippen molar-refractivity contribution in [2.75, 3.05) is 13.7 Å².